The van der Waals surface area contributed by atoms with Crippen LogP contribution in [0.3, 0.4) is 0 Å². The van der Waals surface area contributed by atoms with Gasteiger partial charge in [-0.1, -0.05) is 13.1 Å². The largest absolute Gasteiger partial charge is 0.395 e. The Bertz CT molecular complexity index is 1410. The molecule has 9 nitrogen and oxygen atoms in total. The molecule has 13 heteroatoms. The average molecular weight is 597 g/mol. The summed E-state index contributed by atoms with van der Waals surface area (Å²) in [5.41, 5.74) is 1.36. The Hall–Kier alpha value is -2.77. The molecular weight excluding hydrogens is 558 g/mol. The van der Waals surface area contributed by atoms with Crippen LogP contribution in [-0.2, 0) is 10.0 Å². The SMILES string of the molecule is Cc1ccc(NC(=O)c2ccc(NS(=O)(=O)CCO)cc2N2CC[Si](C)(C)CC2)c(=O)n1C1CCC(F)(F)CC1. The molecule has 1 aromatic carbocycles. The second-order valence-corrected chi connectivity index (χ2v) is 18.8. The molecule has 0 radical (unpaired) electrons. The zero-order valence-electron chi connectivity index (χ0n) is 23.2. The molecule has 2 heterocycles. The van der Waals surface area contributed by atoms with E-state index in [1.165, 1.54) is 22.8 Å². The number of aliphatic hydroxyl groups excluding tert-OH is 1. The summed E-state index contributed by atoms with van der Waals surface area (Å²) in [5, 5.41) is 11.8. The minimum atomic E-state index is -3.77. The predicted molar refractivity (Wildman–Crippen MR) is 156 cm³/mol. The Morgan fingerprint density at radius 2 is 1.77 bits per heavy atom. The van der Waals surface area contributed by atoms with Crippen LogP contribution in [0.2, 0.25) is 25.2 Å². The van der Waals surface area contributed by atoms with Gasteiger partial charge in [-0.25, -0.2) is 17.2 Å². The molecule has 1 aromatic heterocycles. The zero-order chi connectivity index (χ0) is 29.3. The highest BCUT2D eigenvalue weighted by Gasteiger charge is 2.36. The molecule has 220 valence electrons. The first-order valence-electron chi connectivity index (χ1n) is 13.6. The van der Waals surface area contributed by atoms with Gasteiger partial charge in [0.1, 0.15) is 5.69 Å². The summed E-state index contributed by atoms with van der Waals surface area (Å²) in [7, 11) is -5.12. The van der Waals surface area contributed by atoms with E-state index >= 15 is 0 Å². The number of pyridine rings is 1. The van der Waals surface area contributed by atoms with E-state index in [-0.39, 0.29) is 48.7 Å². The van der Waals surface area contributed by atoms with E-state index < -0.39 is 47.8 Å². The van der Waals surface area contributed by atoms with Crippen LogP contribution in [0.25, 0.3) is 0 Å². The van der Waals surface area contributed by atoms with Crippen LogP contribution in [-0.4, -0.2) is 63.4 Å². The third kappa shape index (κ3) is 7.10. The number of halogens is 2. The number of amides is 1. The molecule has 1 saturated carbocycles. The van der Waals surface area contributed by atoms with E-state index in [0.717, 1.165) is 25.2 Å². The Morgan fingerprint density at radius 1 is 1.12 bits per heavy atom. The molecule has 2 aliphatic rings. The summed E-state index contributed by atoms with van der Waals surface area (Å²) >= 11 is 0. The van der Waals surface area contributed by atoms with E-state index in [2.05, 4.69) is 28.0 Å². The molecule has 4 rings (SSSR count). The fourth-order valence-electron chi connectivity index (χ4n) is 5.42. The van der Waals surface area contributed by atoms with E-state index in [1.807, 2.05) is 0 Å². The molecule has 1 aliphatic carbocycles. The van der Waals surface area contributed by atoms with Crippen LogP contribution in [0, 0.1) is 6.92 Å². The zero-order valence-corrected chi connectivity index (χ0v) is 25.0. The number of aliphatic hydroxyl groups is 1. The van der Waals surface area contributed by atoms with Gasteiger partial charge in [0.05, 0.1) is 37.4 Å². The smallest absolute Gasteiger partial charge is 0.274 e. The van der Waals surface area contributed by atoms with Crippen molar-refractivity contribution in [3.8, 4) is 0 Å². The molecule has 1 aliphatic heterocycles. The van der Waals surface area contributed by atoms with Gasteiger partial charge in [0.15, 0.2) is 0 Å². The lowest BCUT2D eigenvalue weighted by atomic mass is 9.91. The van der Waals surface area contributed by atoms with Crippen molar-refractivity contribution in [2.75, 3.05) is 40.4 Å². The number of sulfonamides is 1. The minimum absolute atomic E-state index is 0.0544. The Labute approximate surface area is 234 Å². The second kappa shape index (κ2) is 11.6. The van der Waals surface area contributed by atoms with Crippen molar-refractivity contribution < 1.29 is 27.1 Å². The summed E-state index contributed by atoms with van der Waals surface area (Å²) in [6.07, 6.45) is -0.212. The highest BCUT2D eigenvalue weighted by atomic mass is 32.2. The maximum Gasteiger partial charge on any atom is 0.274 e. The molecular formula is C27H38F2N4O5SSi. The van der Waals surface area contributed by atoms with Gasteiger partial charge in [-0.15, -0.1) is 0 Å². The summed E-state index contributed by atoms with van der Waals surface area (Å²) < 4.78 is 55.9. The number of benzene rings is 1. The number of nitrogens with one attached hydrogen (secondary N) is 2. The first-order valence-corrected chi connectivity index (χ1v) is 18.7. The van der Waals surface area contributed by atoms with Crippen molar-refractivity contribution in [3.63, 3.8) is 0 Å². The molecule has 0 atom stereocenters. The Morgan fingerprint density at radius 3 is 2.40 bits per heavy atom. The van der Waals surface area contributed by atoms with Gasteiger partial charge < -0.3 is 19.9 Å². The molecule has 3 N–H and O–H groups in total. The van der Waals surface area contributed by atoms with E-state index in [0.29, 0.717) is 11.4 Å². The number of hydrogen-bond donors (Lipinski definition) is 3. The number of alkyl halides is 2. The van der Waals surface area contributed by atoms with Crippen LogP contribution in [0.15, 0.2) is 35.1 Å². The fourth-order valence-corrected chi connectivity index (χ4v) is 8.25. The number of carbonyl (C=O) groups is 1. The van der Waals surface area contributed by atoms with Crippen molar-refractivity contribution in [1.82, 2.24) is 4.57 Å². The van der Waals surface area contributed by atoms with Crippen molar-refractivity contribution in [1.29, 1.82) is 0 Å². The van der Waals surface area contributed by atoms with Crippen LogP contribution in [0.1, 0.15) is 47.8 Å². The van der Waals surface area contributed by atoms with Crippen molar-refractivity contribution in [2.24, 2.45) is 0 Å². The molecule has 40 heavy (non-hydrogen) atoms. The maximum absolute atomic E-state index is 13.7. The normalized spacial score (nSPS) is 19.3. The highest BCUT2D eigenvalue weighted by molar-refractivity contribution is 7.92. The number of aromatic nitrogens is 1. The van der Waals surface area contributed by atoms with Crippen LogP contribution < -0.4 is 20.5 Å². The monoisotopic (exact) mass is 596 g/mol. The van der Waals surface area contributed by atoms with Gasteiger partial charge in [0, 0.05) is 37.7 Å². The lowest BCUT2D eigenvalue weighted by Gasteiger charge is -2.38. The van der Waals surface area contributed by atoms with E-state index in [1.54, 1.807) is 19.1 Å². The molecule has 0 bridgehead atoms. The maximum atomic E-state index is 13.7. The van der Waals surface area contributed by atoms with Crippen LogP contribution >= 0.6 is 0 Å². The lowest BCUT2D eigenvalue weighted by molar-refractivity contribution is -0.0444. The lowest BCUT2D eigenvalue weighted by Crippen LogP contribution is -2.43. The van der Waals surface area contributed by atoms with Crippen molar-refractivity contribution >= 4 is 41.1 Å². The number of rotatable bonds is 8. The Balaban J connectivity index is 1.64. The summed E-state index contributed by atoms with van der Waals surface area (Å²) in [5.74, 6) is -3.70. The highest BCUT2D eigenvalue weighted by Crippen LogP contribution is 2.38. The minimum Gasteiger partial charge on any atom is -0.395 e. The van der Waals surface area contributed by atoms with Crippen LogP contribution in [0.5, 0.6) is 0 Å². The first-order chi connectivity index (χ1) is 18.7. The Kier molecular flexibility index (Phi) is 8.76. The predicted octanol–water partition coefficient (Wildman–Crippen LogP) is 4.42. The molecule has 2 fully saturated rings. The van der Waals surface area contributed by atoms with Crippen molar-refractivity contribution in [2.45, 2.75) is 69.8 Å². The molecule has 1 saturated heterocycles. The van der Waals surface area contributed by atoms with E-state index in [9.17, 15) is 26.8 Å². The first kappa shape index (κ1) is 30.2. The standard InChI is InChI=1S/C27H38F2N4O5SSi/c1-19-4-7-23(26(36)33(19)21-8-10-27(28,29)11-9-21)30-25(35)22-6-5-20(31-39(37,38)15-14-34)18-24(22)32-12-16-40(2,3)17-13-32/h4-7,18,21,31,34H,8-17H2,1-3H3,(H,30,35). The summed E-state index contributed by atoms with van der Waals surface area (Å²) in [4.78, 5) is 29.0. The van der Waals surface area contributed by atoms with Gasteiger partial charge in [0.2, 0.25) is 15.9 Å². The van der Waals surface area contributed by atoms with Crippen LogP contribution in [0.4, 0.5) is 25.8 Å². The average Bonchev–Trinajstić information content (AvgIpc) is 2.86. The number of carbonyl (C=O) groups excluding carboxylic acids is 1. The van der Waals surface area contributed by atoms with E-state index in [4.69, 9.17) is 5.11 Å². The van der Waals surface area contributed by atoms with Gasteiger partial charge in [-0.05, 0) is 62.2 Å². The van der Waals surface area contributed by atoms with Gasteiger partial charge in [-0.2, -0.15) is 0 Å². The third-order valence-corrected chi connectivity index (χ3v) is 12.4. The number of hydrogen-bond acceptors (Lipinski definition) is 6. The summed E-state index contributed by atoms with van der Waals surface area (Å²) in [6.45, 7) is 7.29. The molecule has 2 aromatic rings. The van der Waals surface area contributed by atoms with Gasteiger partial charge in [0.25, 0.3) is 11.5 Å². The fraction of sp³-hybridized carbons (Fsp3) is 0.556. The van der Waals surface area contributed by atoms with Gasteiger partial charge >= 0.3 is 0 Å². The quantitative estimate of drug-likeness (QED) is 0.388. The number of nitrogens with zero attached hydrogens (tertiary/aromatic N) is 2. The summed E-state index contributed by atoms with van der Waals surface area (Å²) in [6, 6.07) is 9.48. The number of anilines is 3. The van der Waals surface area contributed by atoms with Crippen molar-refractivity contribution in [3.05, 3.63) is 51.9 Å². The number of aryl methyl sites for hydroxylation is 1. The molecule has 0 unspecified atom stereocenters. The second-order valence-electron chi connectivity index (χ2n) is 11.6. The van der Waals surface area contributed by atoms with Gasteiger partial charge in [-0.3, -0.25) is 14.3 Å². The third-order valence-electron chi connectivity index (χ3n) is 7.95. The topological polar surface area (TPSA) is 121 Å². The molecule has 0 spiro atoms. The molecule has 1 amide bonds.